The number of fused-ring (bicyclic) bond motifs is 1. The predicted molar refractivity (Wildman–Crippen MR) is 85.8 cm³/mol. The molecule has 21 heavy (non-hydrogen) atoms. The second kappa shape index (κ2) is 5.23. The molecule has 0 aliphatic carbocycles. The number of nitrogens with zero attached hydrogens (tertiary/aromatic N) is 2. The van der Waals surface area contributed by atoms with Crippen LogP contribution in [0, 0.1) is 0 Å². The lowest BCUT2D eigenvalue weighted by Gasteiger charge is -2.40. The van der Waals surface area contributed by atoms with Crippen molar-refractivity contribution in [3.05, 3.63) is 34.8 Å². The molecule has 0 N–H and O–H groups in total. The van der Waals surface area contributed by atoms with Crippen LogP contribution >= 0.6 is 15.9 Å². The quantitative estimate of drug-likeness (QED) is 0.793. The van der Waals surface area contributed by atoms with Crippen LogP contribution in [0.15, 0.2) is 34.8 Å². The zero-order valence-electron chi connectivity index (χ0n) is 11.7. The normalized spacial score (nSPS) is 25.9. The van der Waals surface area contributed by atoms with E-state index in [0.717, 1.165) is 53.9 Å². The van der Waals surface area contributed by atoms with Gasteiger partial charge in [0.25, 0.3) is 0 Å². The van der Waals surface area contributed by atoms with E-state index < -0.39 is 0 Å². The molecule has 5 heteroatoms. The van der Waals surface area contributed by atoms with E-state index in [1.807, 2.05) is 12.1 Å². The number of para-hydroxylation sites is 1. The standard InChI is InChI=1S/C16H17BrN2O2/c17-13-3-1-2-12-4-5-14(18-15(12)13)19-7-9-21-16(10-19)6-8-20-11-16/h1-5H,6-11H2. The van der Waals surface area contributed by atoms with Crippen molar-refractivity contribution in [1.29, 1.82) is 0 Å². The van der Waals surface area contributed by atoms with Gasteiger partial charge in [0.05, 0.1) is 25.3 Å². The molecule has 1 aromatic heterocycles. The fourth-order valence-corrected chi connectivity index (χ4v) is 3.61. The first-order chi connectivity index (χ1) is 10.3. The molecule has 2 fully saturated rings. The van der Waals surface area contributed by atoms with E-state index in [1.165, 1.54) is 0 Å². The van der Waals surface area contributed by atoms with Crippen molar-refractivity contribution in [3.63, 3.8) is 0 Å². The molecule has 3 heterocycles. The van der Waals surface area contributed by atoms with Crippen LogP contribution in [-0.2, 0) is 9.47 Å². The largest absolute Gasteiger partial charge is 0.378 e. The minimum atomic E-state index is -0.136. The van der Waals surface area contributed by atoms with Crippen molar-refractivity contribution in [2.24, 2.45) is 0 Å². The van der Waals surface area contributed by atoms with Crippen LogP contribution in [0.4, 0.5) is 5.82 Å². The van der Waals surface area contributed by atoms with Gasteiger partial charge < -0.3 is 14.4 Å². The van der Waals surface area contributed by atoms with E-state index in [0.29, 0.717) is 6.61 Å². The first-order valence-electron chi connectivity index (χ1n) is 7.28. The van der Waals surface area contributed by atoms with Gasteiger partial charge in [-0.2, -0.15) is 0 Å². The Hall–Kier alpha value is -1.17. The van der Waals surface area contributed by atoms with Gasteiger partial charge in [-0.05, 0) is 34.1 Å². The summed E-state index contributed by atoms with van der Waals surface area (Å²) < 4.78 is 12.6. The number of anilines is 1. The van der Waals surface area contributed by atoms with Crippen LogP contribution in [0.5, 0.6) is 0 Å². The number of pyridine rings is 1. The molecule has 1 unspecified atom stereocenters. The van der Waals surface area contributed by atoms with E-state index >= 15 is 0 Å². The summed E-state index contributed by atoms with van der Waals surface area (Å²) in [5.74, 6) is 1.02. The number of ether oxygens (including phenoxy) is 2. The van der Waals surface area contributed by atoms with Gasteiger partial charge in [-0.25, -0.2) is 4.98 Å². The lowest BCUT2D eigenvalue weighted by atomic mass is 10.0. The molecule has 4 nitrogen and oxygen atoms in total. The van der Waals surface area contributed by atoms with Crippen molar-refractivity contribution in [3.8, 4) is 0 Å². The summed E-state index contributed by atoms with van der Waals surface area (Å²) in [5, 5.41) is 1.15. The predicted octanol–water partition coefficient (Wildman–Crippen LogP) is 2.99. The maximum atomic E-state index is 5.99. The van der Waals surface area contributed by atoms with Gasteiger partial charge in [0.2, 0.25) is 0 Å². The fraction of sp³-hybridized carbons (Fsp3) is 0.438. The monoisotopic (exact) mass is 348 g/mol. The zero-order valence-corrected chi connectivity index (χ0v) is 13.3. The Morgan fingerprint density at radius 2 is 2.14 bits per heavy atom. The molecule has 1 spiro atoms. The number of morpholine rings is 1. The van der Waals surface area contributed by atoms with Crippen LogP contribution in [-0.4, -0.2) is 43.5 Å². The van der Waals surface area contributed by atoms with Gasteiger partial charge in [0.15, 0.2) is 0 Å². The third-order valence-corrected chi connectivity index (χ3v) is 4.94. The van der Waals surface area contributed by atoms with E-state index in [4.69, 9.17) is 14.5 Å². The molecule has 2 aromatic rings. The summed E-state index contributed by atoms with van der Waals surface area (Å²) in [6.45, 7) is 3.96. The van der Waals surface area contributed by atoms with E-state index in [-0.39, 0.29) is 5.60 Å². The van der Waals surface area contributed by atoms with Crippen molar-refractivity contribution in [2.75, 3.05) is 37.8 Å². The highest BCUT2D eigenvalue weighted by atomic mass is 79.9. The van der Waals surface area contributed by atoms with Crippen LogP contribution in [0.25, 0.3) is 10.9 Å². The van der Waals surface area contributed by atoms with Gasteiger partial charge in [-0.15, -0.1) is 0 Å². The van der Waals surface area contributed by atoms with Gasteiger partial charge in [0, 0.05) is 29.4 Å². The van der Waals surface area contributed by atoms with Crippen molar-refractivity contribution >= 4 is 32.7 Å². The average molecular weight is 349 g/mol. The second-order valence-corrected chi connectivity index (χ2v) is 6.59. The molecular formula is C16H17BrN2O2. The molecule has 0 amide bonds. The minimum Gasteiger partial charge on any atom is -0.378 e. The van der Waals surface area contributed by atoms with E-state index in [9.17, 15) is 0 Å². The molecule has 1 atom stereocenters. The first-order valence-corrected chi connectivity index (χ1v) is 8.07. The summed E-state index contributed by atoms with van der Waals surface area (Å²) in [5.41, 5.74) is 0.876. The maximum Gasteiger partial charge on any atom is 0.129 e. The Labute approximate surface area is 132 Å². The Balaban J connectivity index is 1.68. The second-order valence-electron chi connectivity index (χ2n) is 5.74. The Morgan fingerprint density at radius 1 is 1.19 bits per heavy atom. The number of halogens is 1. The maximum absolute atomic E-state index is 5.99. The molecule has 110 valence electrons. The molecule has 0 bridgehead atoms. The number of hydrogen-bond acceptors (Lipinski definition) is 4. The number of benzene rings is 1. The van der Waals surface area contributed by atoms with Gasteiger partial charge in [0.1, 0.15) is 11.4 Å². The number of rotatable bonds is 1. The van der Waals surface area contributed by atoms with Crippen LogP contribution in [0.1, 0.15) is 6.42 Å². The third-order valence-electron chi connectivity index (χ3n) is 4.30. The molecule has 2 saturated heterocycles. The minimum absolute atomic E-state index is 0.136. The molecule has 2 aliphatic rings. The highest BCUT2D eigenvalue weighted by Crippen LogP contribution is 2.31. The van der Waals surface area contributed by atoms with Crippen LogP contribution in [0.3, 0.4) is 0 Å². The molecule has 4 rings (SSSR count). The van der Waals surface area contributed by atoms with Gasteiger partial charge >= 0.3 is 0 Å². The molecule has 0 saturated carbocycles. The number of hydrogen-bond donors (Lipinski definition) is 0. The summed E-state index contributed by atoms with van der Waals surface area (Å²) in [4.78, 5) is 7.15. The average Bonchev–Trinajstić information content (AvgIpc) is 2.95. The topological polar surface area (TPSA) is 34.6 Å². The molecular weight excluding hydrogens is 332 g/mol. The van der Waals surface area contributed by atoms with Gasteiger partial charge in [-0.1, -0.05) is 12.1 Å². The smallest absolute Gasteiger partial charge is 0.129 e. The molecule has 2 aliphatic heterocycles. The van der Waals surface area contributed by atoms with Crippen molar-refractivity contribution < 1.29 is 9.47 Å². The molecule has 1 aromatic carbocycles. The summed E-state index contributed by atoms with van der Waals surface area (Å²) in [7, 11) is 0. The third kappa shape index (κ3) is 2.43. The van der Waals surface area contributed by atoms with Crippen LogP contribution < -0.4 is 4.90 Å². The number of aromatic nitrogens is 1. The summed E-state index contributed by atoms with van der Waals surface area (Å²) >= 11 is 3.59. The Bertz CT molecular complexity index is 670. The SMILES string of the molecule is Brc1cccc2ccc(N3CCOC4(CCOC4)C3)nc12. The lowest BCUT2D eigenvalue weighted by molar-refractivity contribution is -0.0581. The summed E-state index contributed by atoms with van der Waals surface area (Å²) in [6, 6.07) is 10.4. The fourth-order valence-electron chi connectivity index (χ4n) is 3.14. The highest BCUT2D eigenvalue weighted by molar-refractivity contribution is 9.10. The lowest BCUT2D eigenvalue weighted by Crippen LogP contribution is -2.52. The highest BCUT2D eigenvalue weighted by Gasteiger charge is 2.40. The molecule has 0 radical (unpaired) electrons. The van der Waals surface area contributed by atoms with Crippen molar-refractivity contribution in [1.82, 2.24) is 4.98 Å². The van der Waals surface area contributed by atoms with Crippen LogP contribution in [0.2, 0.25) is 0 Å². The van der Waals surface area contributed by atoms with E-state index in [1.54, 1.807) is 0 Å². The zero-order chi connectivity index (χ0) is 14.3. The first kappa shape index (κ1) is 13.5. The Morgan fingerprint density at radius 3 is 3.00 bits per heavy atom. The van der Waals surface area contributed by atoms with Gasteiger partial charge in [-0.3, -0.25) is 0 Å². The summed E-state index contributed by atoms with van der Waals surface area (Å²) in [6.07, 6.45) is 0.973. The Kier molecular flexibility index (Phi) is 3.36. The van der Waals surface area contributed by atoms with E-state index in [2.05, 4.69) is 39.0 Å². The van der Waals surface area contributed by atoms with Crippen molar-refractivity contribution in [2.45, 2.75) is 12.0 Å².